The van der Waals surface area contributed by atoms with Crippen LogP contribution in [0.3, 0.4) is 0 Å². The van der Waals surface area contributed by atoms with Gasteiger partial charge in [-0.05, 0) is 19.1 Å². The molecule has 1 saturated carbocycles. The summed E-state index contributed by atoms with van der Waals surface area (Å²) in [6.45, 7) is 0. The Morgan fingerprint density at radius 3 is 2.12 bits per heavy atom. The van der Waals surface area contributed by atoms with Crippen LogP contribution < -0.4 is 0 Å². The molecule has 0 heterocycles. The average Bonchev–Trinajstić information content (AvgIpc) is 1.90. The number of hydrogen-bond donors (Lipinski definition) is 0. The van der Waals surface area contributed by atoms with Gasteiger partial charge in [-0.2, -0.15) is 11.8 Å². The fraction of sp³-hybridized carbons (Fsp3) is 1.00. The maximum Gasteiger partial charge on any atom is 0.00442 e. The highest BCUT2D eigenvalue weighted by Crippen LogP contribution is 2.25. The van der Waals surface area contributed by atoms with Crippen molar-refractivity contribution in [3.05, 3.63) is 0 Å². The van der Waals surface area contributed by atoms with Crippen LogP contribution in [0, 0.1) is 0 Å². The quantitative estimate of drug-likeness (QED) is 0.526. The van der Waals surface area contributed by atoms with Crippen molar-refractivity contribution in [3.63, 3.8) is 0 Å². The minimum absolute atomic E-state index is 1.00. The van der Waals surface area contributed by atoms with Crippen LogP contribution in [-0.4, -0.2) is 11.5 Å². The summed E-state index contributed by atoms with van der Waals surface area (Å²) in [6.07, 6.45) is 9.62. The van der Waals surface area contributed by atoms with Gasteiger partial charge in [0, 0.05) is 5.25 Å². The Kier molecular flexibility index (Phi) is 2.74. The molecule has 0 aromatic heterocycles. The third kappa shape index (κ3) is 1.70. The van der Waals surface area contributed by atoms with Crippen molar-refractivity contribution >= 4 is 11.8 Å². The summed E-state index contributed by atoms with van der Waals surface area (Å²) in [5, 5.41) is 1.00. The molecule has 0 saturated heterocycles. The van der Waals surface area contributed by atoms with Crippen molar-refractivity contribution in [2.45, 2.75) is 37.4 Å². The Balaban J connectivity index is 2.13. The van der Waals surface area contributed by atoms with Crippen molar-refractivity contribution in [2.75, 3.05) is 6.26 Å². The van der Waals surface area contributed by atoms with Gasteiger partial charge in [-0.3, -0.25) is 0 Å². The molecule has 1 heteroatoms. The molecular weight excluding hydrogens is 116 g/mol. The van der Waals surface area contributed by atoms with Crippen molar-refractivity contribution in [3.8, 4) is 0 Å². The normalized spacial score (nSPS) is 23.6. The molecule has 0 spiro atoms. The van der Waals surface area contributed by atoms with E-state index in [0.29, 0.717) is 0 Å². The molecule has 48 valence electrons. The summed E-state index contributed by atoms with van der Waals surface area (Å²) >= 11 is 2.05. The highest BCUT2D eigenvalue weighted by Gasteiger charge is 2.10. The third-order valence-corrected chi connectivity index (χ3v) is 3.02. The molecular formula is C7H14S. The Labute approximate surface area is 56.0 Å². The summed E-state index contributed by atoms with van der Waals surface area (Å²) in [6, 6.07) is 0. The second-order valence-electron chi connectivity index (χ2n) is 2.50. The molecule has 0 radical (unpaired) electrons. The Bertz CT molecular complexity index is 55.4. The minimum Gasteiger partial charge on any atom is -0.162 e. The SMILES string of the molecule is CSC1CCCCC1. The molecule has 0 atom stereocenters. The van der Waals surface area contributed by atoms with E-state index >= 15 is 0 Å². The van der Waals surface area contributed by atoms with E-state index in [4.69, 9.17) is 0 Å². The first kappa shape index (κ1) is 6.47. The fourth-order valence-electron chi connectivity index (χ4n) is 1.30. The van der Waals surface area contributed by atoms with E-state index in [1.807, 2.05) is 11.8 Å². The predicted molar refractivity (Wildman–Crippen MR) is 40.4 cm³/mol. The van der Waals surface area contributed by atoms with Crippen LogP contribution in [0.4, 0.5) is 0 Å². The summed E-state index contributed by atoms with van der Waals surface area (Å²) in [5.41, 5.74) is 0. The van der Waals surface area contributed by atoms with Gasteiger partial charge < -0.3 is 0 Å². The molecule has 0 aliphatic heterocycles. The minimum atomic E-state index is 1.00. The third-order valence-electron chi connectivity index (χ3n) is 1.89. The second kappa shape index (κ2) is 3.39. The molecule has 0 nitrogen and oxygen atoms in total. The lowest BCUT2D eigenvalue weighted by Gasteiger charge is -2.18. The van der Waals surface area contributed by atoms with Crippen LogP contribution in [-0.2, 0) is 0 Å². The Hall–Kier alpha value is 0.350. The zero-order valence-corrected chi connectivity index (χ0v) is 6.34. The lowest BCUT2D eigenvalue weighted by molar-refractivity contribution is 0.516. The number of thioether (sulfide) groups is 1. The molecule has 8 heavy (non-hydrogen) atoms. The lowest BCUT2D eigenvalue weighted by Crippen LogP contribution is -2.06. The number of hydrogen-bond acceptors (Lipinski definition) is 1. The monoisotopic (exact) mass is 130 g/mol. The highest BCUT2D eigenvalue weighted by atomic mass is 32.2. The lowest BCUT2D eigenvalue weighted by atomic mass is 10.0. The van der Waals surface area contributed by atoms with Gasteiger partial charge in [0.25, 0.3) is 0 Å². The topological polar surface area (TPSA) is 0 Å². The molecule has 0 aromatic rings. The zero-order valence-electron chi connectivity index (χ0n) is 5.52. The van der Waals surface area contributed by atoms with Gasteiger partial charge in [-0.15, -0.1) is 0 Å². The van der Waals surface area contributed by atoms with E-state index in [-0.39, 0.29) is 0 Å². The summed E-state index contributed by atoms with van der Waals surface area (Å²) < 4.78 is 0. The average molecular weight is 130 g/mol. The van der Waals surface area contributed by atoms with Gasteiger partial charge >= 0.3 is 0 Å². The van der Waals surface area contributed by atoms with Crippen LogP contribution in [0.2, 0.25) is 0 Å². The number of rotatable bonds is 1. The van der Waals surface area contributed by atoms with Crippen molar-refractivity contribution in [1.29, 1.82) is 0 Å². The first-order valence-corrected chi connectivity index (χ1v) is 4.75. The molecule has 1 aliphatic carbocycles. The summed E-state index contributed by atoms with van der Waals surface area (Å²) in [7, 11) is 0. The maximum atomic E-state index is 2.23. The van der Waals surface area contributed by atoms with Gasteiger partial charge in [-0.1, -0.05) is 19.3 Å². The zero-order chi connectivity index (χ0) is 5.82. The van der Waals surface area contributed by atoms with Crippen LogP contribution in [0.5, 0.6) is 0 Å². The van der Waals surface area contributed by atoms with Crippen molar-refractivity contribution in [2.24, 2.45) is 0 Å². The molecule has 1 aliphatic rings. The first-order chi connectivity index (χ1) is 3.93. The van der Waals surface area contributed by atoms with Crippen LogP contribution in [0.1, 0.15) is 32.1 Å². The standard InChI is InChI=1S/C7H14S/c1-8-7-5-3-2-4-6-7/h7H,2-6H2,1H3. The van der Waals surface area contributed by atoms with Crippen LogP contribution in [0.25, 0.3) is 0 Å². The molecule has 0 amide bonds. The second-order valence-corrected chi connectivity index (χ2v) is 3.63. The van der Waals surface area contributed by atoms with E-state index in [1.165, 1.54) is 32.1 Å². The van der Waals surface area contributed by atoms with E-state index in [9.17, 15) is 0 Å². The summed E-state index contributed by atoms with van der Waals surface area (Å²) in [5.74, 6) is 0. The van der Waals surface area contributed by atoms with E-state index in [0.717, 1.165) is 5.25 Å². The van der Waals surface area contributed by atoms with E-state index in [1.54, 1.807) is 0 Å². The molecule has 0 N–H and O–H groups in total. The molecule has 1 fully saturated rings. The van der Waals surface area contributed by atoms with E-state index < -0.39 is 0 Å². The smallest absolute Gasteiger partial charge is 0.00442 e. The molecule has 0 bridgehead atoms. The van der Waals surface area contributed by atoms with Gasteiger partial charge in [-0.25, -0.2) is 0 Å². The van der Waals surface area contributed by atoms with Gasteiger partial charge in [0.1, 0.15) is 0 Å². The Morgan fingerprint density at radius 1 is 1.12 bits per heavy atom. The molecule has 1 rings (SSSR count). The molecule has 0 unspecified atom stereocenters. The summed E-state index contributed by atoms with van der Waals surface area (Å²) in [4.78, 5) is 0. The first-order valence-electron chi connectivity index (χ1n) is 3.46. The van der Waals surface area contributed by atoms with Crippen LogP contribution in [0.15, 0.2) is 0 Å². The van der Waals surface area contributed by atoms with Gasteiger partial charge in [0.15, 0.2) is 0 Å². The van der Waals surface area contributed by atoms with Crippen molar-refractivity contribution in [1.82, 2.24) is 0 Å². The maximum absolute atomic E-state index is 2.23. The Morgan fingerprint density at radius 2 is 1.75 bits per heavy atom. The van der Waals surface area contributed by atoms with Crippen molar-refractivity contribution < 1.29 is 0 Å². The van der Waals surface area contributed by atoms with E-state index in [2.05, 4.69) is 6.26 Å². The van der Waals surface area contributed by atoms with Gasteiger partial charge in [0.05, 0.1) is 0 Å². The fourth-order valence-corrected chi connectivity index (χ4v) is 2.11. The highest BCUT2D eigenvalue weighted by molar-refractivity contribution is 7.99. The molecule has 0 aromatic carbocycles. The van der Waals surface area contributed by atoms with Gasteiger partial charge in [0.2, 0.25) is 0 Å². The largest absolute Gasteiger partial charge is 0.162 e. The van der Waals surface area contributed by atoms with Crippen LogP contribution >= 0.6 is 11.8 Å². The predicted octanol–water partition coefficient (Wildman–Crippen LogP) is 2.68.